The smallest absolute Gasteiger partial charge is 0.407 e. The average Bonchev–Trinajstić information content (AvgIpc) is 3.20. The van der Waals surface area contributed by atoms with Crippen molar-refractivity contribution in [1.29, 1.82) is 0 Å². The second-order valence-corrected chi connectivity index (χ2v) is 8.45. The lowest BCUT2D eigenvalue weighted by molar-refractivity contribution is 0.107. The topological polar surface area (TPSA) is 96.9 Å². The first-order valence-corrected chi connectivity index (χ1v) is 10.7. The summed E-state index contributed by atoms with van der Waals surface area (Å²) in [5, 5.41) is 13.5. The molecule has 30 heavy (non-hydrogen) atoms. The van der Waals surface area contributed by atoms with E-state index in [0.29, 0.717) is 36.4 Å². The number of nitrogens with zero attached hydrogens (tertiary/aromatic N) is 4. The number of carboxylic acid groups (broad SMARTS) is 1. The predicted molar refractivity (Wildman–Crippen MR) is 117 cm³/mol. The highest BCUT2D eigenvalue weighted by Crippen LogP contribution is 2.41. The summed E-state index contributed by atoms with van der Waals surface area (Å²) in [6.07, 6.45) is 7.29. The number of benzene rings is 1. The Morgan fingerprint density at radius 2 is 1.77 bits per heavy atom. The fourth-order valence-corrected chi connectivity index (χ4v) is 4.99. The number of carbonyl (C=O) groups is 1. The molecule has 0 radical (unpaired) electrons. The number of likely N-dealkylation sites (tertiary alicyclic amines) is 1. The lowest BCUT2D eigenvalue weighted by atomic mass is 9.78. The monoisotopic (exact) mass is 413 g/mol. The highest BCUT2D eigenvalue weighted by atomic mass is 16.5. The summed E-state index contributed by atoms with van der Waals surface area (Å²) in [6, 6.07) is 4.03. The van der Waals surface area contributed by atoms with Crippen molar-refractivity contribution in [3.63, 3.8) is 0 Å². The Kier molecular flexibility index (Phi) is 5.74. The molecule has 8 nitrogen and oxygen atoms in total. The fraction of sp³-hybridized carbons (Fsp3) is 0.545. The van der Waals surface area contributed by atoms with E-state index in [1.807, 2.05) is 31.6 Å². The largest absolute Gasteiger partial charge is 0.495 e. The molecular formula is C22H31N5O3. The molecule has 3 N–H and O–H groups in total. The molecule has 1 amide bonds. The van der Waals surface area contributed by atoms with Crippen LogP contribution < -0.4 is 15.4 Å². The van der Waals surface area contributed by atoms with Gasteiger partial charge in [0.15, 0.2) is 0 Å². The summed E-state index contributed by atoms with van der Waals surface area (Å²) in [4.78, 5) is 15.1. The minimum atomic E-state index is -0.788. The molecule has 0 saturated carbocycles. The van der Waals surface area contributed by atoms with Gasteiger partial charge in [-0.1, -0.05) is 0 Å². The van der Waals surface area contributed by atoms with Gasteiger partial charge in [0.05, 0.1) is 19.0 Å². The van der Waals surface area contributed by atoms with Crippen molar-refractivity contribution in [3.8, 4) is 16.9 Å². The lowest BCUT2D eigenvalue weighted by Gasteiger charge is -2.40. The molecule has 0 unspecified atom stereocenters. The van der Waals surface area contributed by atoms with Gasteiger partial charge in [0, 0.05) is 62.3 Å². The van der Waals surface area contributed by atoms with Crippen molar-refractivity contribution in [3.05, 3.63) is 24.5 Å². The molecule has 2 aliphatic heterocycles. The van der Waals surface area contributed by atoms with E-state index < -0.39 is 6.09 Å². The van der Waals surface area contributed by atoms with E-state index in [9.17, 15) is 9.90 Å². The molecular weight excluding hydrogens is 382 g/mol. The van der Waals surface area contributed by atoms with E-state index >= 15 is 0 Å². The third kappa shape index (κ3) is 4.04. The number of rotatable bonds is 4. The Balaban J connectivity index is 1.48. The minimum absolute atomic E-state index is 0.625. The number of aromatic nitrogens is 2. The van der Waals surface area contributed by atoms with Crippen LogP contribution in [0.4, 0.5) is 16.2 Å². The second-order valence-electron chi connectivity index (χ2n) is 8.45. The van der Waals surface area contributed by atoms with Crippen molar-refractivity contribution >= 4 is 17.5 Å². The number of aryl methyl sites for hydroxylation is 1. The number of nitrogen functional groups attached to an aromatic ring is 1. The number of methoxy groups -OCH3 is 1. The third-order valence-electron chi connectivity index (χ3n) is 6.72. The van der Waals surface area contributed by atoms with Crippen LogP contribution in [0.1, 0.15) is 25.7 Å². The van der Waals surface area contributed by atoms with Gasteiger partial charge in [-0.2, -0.15) is 5.10 Å². The third-order valence-corrected chi connectivity index (χ3v) is 6.72. The highest BCUT2D eigenvalue weighted by molar-refractivity contribution is 5.83. The Labute approximate surface area is 177 Å². The van der Waals surface area contributed by atoms with Crippen molar-refractivity contribution in [1.82, 2.24) is 14.7 Å². The summed E-state index contributed by atoms with van der Waals surface area (Å²) in [7, 11) is 3.56. The molecule has 4 rings (SSSR count). The molecule has 2 fully saturated rings. The van der Waals surface area contributed by atoms with Crippen LogP contribution >= 0.6 is 0 Å². The van der Waals surface area contributed by atoms with Crippen molar-refractivity contribution in [2.75, 3.05) is 43.9 Å². The van der Waals surface area contributed by atoms with E-state index in [1.54, 1.807) is 16.7 Å². The summed E-state index contributed by atoms with van der Waals surface area (Å²) in [5.41, 5.74) is 10.1. The maximum absolute atomic E-state index is 11.2. The number of hydrogen-bond donors (Lipinski definition) is 2. The van der Waals surface area contributed by atoms with Gasteiger partial charge in [0.1, 0.15) is 5.75 Å². The van der Waals surface area contributed by atoms with Gasteiger partial charge >= 0.3 is 6.09 Å². The first-order chi connectivity index (χ1) is 14.5. The van der Waals surface area contributed by atoms with E-state index in [1.165, 1.54) is 0 Å². The summed E-state index contributed by atoms with van der Waals surface area (Å²) in [5.74, 6) is 1.98. The molecule has 162 valence electrons. The van der Waals surface area contributed by atoms with Crippen LogP contribution in [0.3, 0.4) is 0 Å². The first kappa shape index (κ1) is 20.4. The number of anilines is 2. The van der Waals surface area contributed by atoms with Crippen LogP contribution in [-0.4, -0.2) is 59.2 Å². The molecule has 1 aromatic heterocycles. The van der Waals surface area contributed by atoms with Gasteiger partial charge in [-0.15, -0.1) is 0 Å². The molecule has 3 heterocycles. The Hall–Kier alpha value is -2.90. The summed E-state index contributed by atoms with van der Waals surface area (Å²) < 4.78 is 7.29. The molecule has 0 bridgehead atoms. The number of amides is 1. The summed E-state index contributed by atoms with van der Waals surface area (Å²) >= 11 is 0. The number of hydrogen-bond acceptors (Lipinski definition) is 5. The molecule has 2 saturated heterocycles. The van der Waals surface area contributed by atoms with Crippen LogP contribution in [-0.2, 0) is 7.05 Å². The van der Waals surface area contributed by atoms with Crippen LogP contribution in [0.5, 0.6) is 5.75 Å². The molecule has 0 atom stereocenters. The fourth-order valence-electron chi connectivity index (χ4n) is 4.99. The Morgan fingerprint density at radius 3 is 2.30 bits per heavy atom. The van der Waals surface area contributed by atoms with Crippen molar-refractivity contribution in [2.24, 2.45) is 18.9 Å². The van der Waals surface area contributed by atoms with Crippen LogP contribution in [0.2, 0.25) is 0 Å². The van der Waals surface area contributed by atoms with Crippen molar-refractivity contribution in [2.45, 2.75) is 25.7 Å². The van der Waals surface area contributed by atoms with Gasteiger partial charge in [-0.25, -0.2) is 4.79 Å². The molecule has 2 aliphatic rings. The van der Waals surface area contributed by atoms with E-state index in [0.717, 1.165) is 55.6 Å². The molecule has 8 heteroatoms. The zero-order valence-corrected chi connectivity index (χ0v) is 17.8. The Bertz CT molecular complexity index is 896. The van der Waals surface area contributed by atoms with Crippen LogP contribution in [0.15, 0.2) is 24.5 Å². The van der Waals surface area contributed by atoms with Crippen molar-refractivity contribution < 1.29 is 14.6 Å². The first-order valence-electron chi connectivity index (χ1n) is 10.7. The van der Waals surface area contributed by atoms with E-state index in [4.69, 9.17) is 10.5 Å². The van der Waals surface area contributed by atoms with Gasteiger partial charge in [-0.3, -0.25) is 4.68 Å². The summed E-state index contributed by atoms with van der Waals surface area (Å²) in [6.45, 7) is 3.29. The van der Waals surface area contributed by atoms with Gasteiger partial charge in [-0.05, 0) is 43.6 Å². The average molecular weight is 414 g/mol. The van der Waals surface area contributed by atoms with E-state index in [-0.39, 0.29) is 0 Å². The number of ether oxygens (including phenoxy) is 1. The maximum atomic E-state index is 11.2. The van der Waals surface area contributed by atoms with E-state index in [2.05, 4.69) is 10.00 Å². The number of nitrogens with two attached hydrogens (primary N) is 1. The standard InChI is InChI=1S/C22H31N5O3/c1-25-14-17(13-24-25)18-11-19(23)21(30-2)12-20(18)26-7-3-15(4-8-26)16-5-9-27(10-6-16)22(28)29/h11-16H,3-10,23H2,1-2H3,(H,28,29). The second kappa shape index (κ2) is 8.45. The normalized spacial score (nSPS) is 18.6. The molecule has 1 aromatic carbocycles. The van der Waals surface area contributed by atoms with Crippen LogP contribution in [0, 0.1) is 11.8 Å². The number of piperidine rings is 2. The lowest BCUT2D eigenvalue weighted by Crippen LogP contribution is -2.42. The molecule has 0 aliphatic carbocycles. The van der Waals surface area contributed by atoms with Gasteiger partial charge in [0.25, 0.3) is 0 Å². The molecule has 2 aromatic rings. The SMILES string of the molecule is COc1cc(N2CCC(C3CCN(C(=O)O)CC3)CC2)c(-c2cnn(C)c2)cc1N. The van der Waals surface area contributed by atoms with Gasteiger partial charge < -0.3 is 25.4 Å². The Morgan fingerprint density at radius 1 is 1.13 bits per heavy atom. The minimum Gasteiger partial charge on any atom is -0.495 e. The van der Waals surface area contributed by atoms with Gasteiger partial charge in [0.2, 0.25) is 0 Å². The quantitative estimate of drug-likeness (QED) is 0.747. The molecule has 0 spiro atoms. The predicted octanol–water partition coefficient (Wildman–Crippen LogP) is 3.28. The zero-order chi connectivity index (χ0) is 21.3. The highest BCUT2D eigenvalue weighted by Gasteiger charge is 2.31. The zero-order valence-electron chi connectivity index (χ0n) is 17.8. The van der Waals surface area contributed by atoms with Crippen LogP contribution in [0.25, 0.3) is 11.1 Å². The maximum Gasteiger partial charge on any atom is 0.407 e.